The summed E-state index contributed by atoms with van der Waals surface area (Å²) in [4.78, 5) is 0. The van der Waals surface area contributed by atoms with E-state index < -0.39 is 8.32 Å². The van der Waals surface area contributed by atoms with Crippen LogP contribution in [0.5, 0.6) is 5.75 Å². The molecule has 0 aliphatic carbocycles. The molecule has 0 saturated heterocycles. The van der Waals surface area contributed by atoms with Crippen molar-refractivity contribution in [1.82, 2.24) is 0 Å². The minimum atomic E-state index is -1.91. The summed E-state index contributed by atoms with van der Waals surface area (Å²) >= 11 is 9.67. The molecule has 110 valence electrons. The fraction of sp³-hybridized carbons (Fsp3) is 0.600. The van der Waals surface area contributed by atoms with Crippen molar-refractivity contribution < 1.29 is 4.43 Å². The van der Waals surface area contributed by atoms with E-state index in [4.69, 9.17) is 16.0 Å². The van der Waals surface area contributed by atoms with Gasteiger partial charge in [-0.3, -0.25) is 12.9 Å². The van der Waals surface area contributed by atoms with Gasteiger partial charge in [0.05, 0.1) is 5.02 Å². The highest BCUT2D eigenvalue weighted by molar-refractivity contribution is 9.23. The van der Waals surface area contributed by atoms with E-state index in [1.54, 1.807) is 0 Å². The summed E-state index contributed by atoms with van der Waals surface area (Å²) in [5.74, 6) is 0.869. The Hall–Kier alpha value is 0.773. The van der Waals surface area contributed by atoms with E-state index in [9.17, 15) is 0 Å². The number of halogens is 2. The third-order valence-corrected chi connectivity index (χ3v) is 13.1. The Balaban J connectivity index is 3.19. The molecule has 0 radical (unpaired) electrons. The summed E-state index contributed by atoms with van der Waals surface area (Å²) < 4.78 is 7.94. The molecule has 0 aliphatic heterocycles. The molecule has 0 amide bonds. The fourth-order valence-electron chi connectivity index (χ4n) is 3.25. The van der Waals surface area contributed by atoms with Gasteiger partial charge in [-0.15, -0.1) is 0 Å². The molecular formula is C15H24BrClMgOSi. The van der Waals surface area contributed by atoms with Crippen LogP contribution in [-0.4, -0.2) is 26.5 Å². The second-order valence-electron chi connectivity index (χ2n) is 6.32. The Morgan fingerprint density at radius 1 is 1.05 bits per heavy atom. The molecule has 20 heavy (non-hydrogen) atoms. The van der Waals surface area contributed by atoms with Crippen molar-refractivity contribution in [1.29, 1.82) is 0 Å². The van der Waals surface area contributed by atoms with Crippen LogP contribution in [0.15, 0.2) is 18.2 Å². The molecular weight excluding hydrogens is 364 g/mol. The maximum atomic E-state index is 6.62. The van der Waals surface area contributed by atoms with Gasteiger partial charge in [-0.2, -0.15) is 3.69 Å². The SMILES string of the molecule is CC(C)[Si](Oc1cc[c]([Mg][Br])cc1Cl)(C(C)C)C(C)C. The third kappa shape index (κ3) is 3.94. The summed E-state index contributed by atoms with van der Waals surface area (Å²) in [6, 6.07) is 6.25. The Kier molecular flexibility index (Phi) is 7.40. The molecule has 0 N–H and O–H groups in total. The highest BCUT2D eigenvalue weighted by atomic mass is 79.9. The lowest BCUT2D eigenvalue weighted by atomic mass is 10.3. The van der Waals surface area contributed by atoms with Crippen LogP contribution >= 0.6 is 24.5 Å². The first-order valence-corrected chi connectivity index (χ1v) is 14.4. The molecule has 0 heterocycles. The van der Waals surface area contributed by atoms with E-state index in [2.05, 4.69) is 72.6 Å². The van der Waals surface area contributed by atoms with Gasteiger partial charge >= 0.3 is 18.2 Å². The lowest BCUT2D eigenvalue weighted by Gasteiger charge is -2.42. The zero-order valence-corrected chi connectivity index (χ0v) is 18.1. The third-order valence-electron chi connectivity index (χ3n) is 4.14. The first-order chi connectivity index (χ1) is 9.25. The summed E-state index contributed by atoms with van der Waals surface area (Å²) in [6.45, 7) is 13.7. The van der Waals surface area contributed by atoms with Gasteiger partial charge in [0, 0.05) is 0 Å². The van der Waals surface area contributed by atoms with Crippen LogP contribution in [0.2, 0.25) is 21.6 Å². The molecule has 1 aromatic carbocycles. The Morgan fingerprint density at radius 2 is 1.55 bits per heavy atom. The molecule has 0 bridgehead atoms. The lowest BCUT2D eigenvalue weighted by molar-refractivity contribution is 0.480. The molecule has 0 unspecified atom stereocenters. The number of hydrogen-bond acceptors (Lipinski definition) is 1. The molecule has 0 saturated carbocycles. The first-order valence-electron chi connectivity index (χ1n) is 7.29. The zero-order valence-electron chi connectivity index (χ0n) is 13.3. The van der Waals surface area contributed by atoms with Crippen molar-refractivity contribution in [2.24, 2.45) is 0 Å². The number of rotatable bonds is 6. The van der Waals surface area contributed by atoms with Gasteiger partial charge in [0.25, 0.3) is 8.32 Å². The van der Waals surface area contributed by atoms with E-state index in [1.165, 1.54) is 3.69 Å². The fourth-order valence-corrected chi connectivity index (χ4v) is 10.5. The van der Waals surface area contributed by atoms with Gasteiger partial charge in [0.2, 0.25) is 0 Å². The van der Waals surface area contributed by atoms with Crippen LogP contribution in [0.3, 0.4) is 0 Å². The van der Waals surface area contributed by atoms with Crippen molar-refractivity contribution in [3.63, 3.8) is 0 Å². The van der Waals surface area contributed by atoms with Crippen LogP contribution < -0.4 is 8.12 Å². The Labute approximate surface area is 145 Å². The average Bonchev–Trinajstić information content (AvgIpc) is 2.35. The van der Waals surface area contributed by atoms with Gasteiger partial charge in [0.15, 0.2) is 0 Å². The lowest BCUT2D eigenvalue weighted by Crippen LogP contribution is -2.50. The van der Waals surface area contributed by atoms with Crippen LogP contribution in [0.4, 0.5) is 0 Å². The normalized spacial score (nSPS) is 12.2. The minimum Gasteiger partial charge on any atom is -0.542 e. The van der Waals surface area contributed by atoms with Gasteiger partial charge in [0.1, 0.15) is 5.75 Å². The largest absolute Gasteiger partial charge is 0.542 e. The molecule has 5 heteroatoms. The maximum Gasteiger partial charge on any atom is 0.506 e. The molecule has 0 spiro atoms. The van der Waals surface area contributed by atoms with Crippen molar-refractivity contribution in [2.75, 3.05) is 0 Å². The predicted octanol–water partition coefficient (Wildman–Crippen LogP) is 5.53. The minimum absolute atomic E-state index is 0.351. The molecule has 1 rings (SSSR count). The van der Waals surface area contributed by atoms with Crippen LogP contribution in [0.1, 0.15) is 41.5 Å². The van der Waals surface area contributed by atoms with Crippen molar-refractivity contribution in [2.45, 2.75) is 58.2 Å². The average molecular weight is 388 g/mol. The van der Waals surface area contributed by atoms with Crippen molar-refractivity contribution in [3.05, 3.63) is 23.2 Å². The Morgan fingerprint density at radius 3 is 1.90 bits per heavy atom. The molecule has 0 fully saturated rings. The molecule has 1 nitrogen and oxygen atoms in total. The Bertz CT molecular complexity index is 430. The van der Waals surface area contributed by atoms with E-state index in [1.807, 2.05) is 0 Å². The zero-order chi connectivity index (χ0) is 15.5. The highest BCUT2D eigenvalue weighted by Crippen LogP contribution is 2.43. The van der Waals surface area contributed by atoms with E-state index in [0.717, 1.165) is 10.8 Å². The van der Waals surface area contributed by atoms with Gasteiger partial charge in [-0.1, -0.05) is 65.3 Å². The van der Waals surface area contributed by atoms with E-state index in [0.29, 0.717) is 16.6 Å². The monoisotopic (exact) mass is 386 g/mol. The molecule has 1 aromatic rings. The standard InChI is InChI=1S/C15H24ClOSi.BrH.Mg/c1-11(2)18(12(3)4,13(5)6)17-15-10-8-7-9-14(15)16;;/h8-13H,1-6H3;1H;/q;;+1/p-1. The van der Waals surface area contributed by atoms with Gasteiger partial charge in [-0.05, 0) is 22.7 Å². The van der Waals surface area contributed by atoms with Gasteiger partial charge < -0.3 is 4.43 Å². The quantitative estimate of drug-likeness (QED) is 0.582. The highest BCUT2D eigenvalue weighted by Gasteiger charge is 2.47. The van der Waals surface area contributed by atoms with Gasteiger partial charge in [-0.25, -0.2) is 0 Å². The second kappa shape index (κ2) is 7.86. The van der Waals surface area contributed by atoms with Crippen LogP contribution in [0.25, 0.3) is 0 Å². The first kappa shape index (κ1) is 18.8. The number of hydrogen-bond donors (Lipinski definition) is 0. The smallest absolute Gasteiger partial charge is 0.506 e. The van der Waals surface area contributed by atoms with Crippen LogP contribution in [0, 0.1) is 0 Å². The molecule has 0 aromatic heterocycles. The summed E-state index contributed by atoms with van der Waals surface area (Å²) in [5, 5.41) is 0.758. The van der Waals surface area contributed by atoms with E-state index in [-0.39, 0.29) is 18.2 Å². The molecule has 0 atom stereocenters. The predicted molar refractivity (Wildman–Crippen MR) is 97.4 cm³/mol. The van der Waals surface area contributed by atoms with Crippen molar-refractivity contribution in [3.8, 4) is 5.75 Å². The summed E-state index contributed by atoms with van der Waals surface area (Å²) in [7, 11) is -1.91. The molecule has 0 aliphatic rings. The van der Waals surface area contributed by atoms with Crippen LogP contribution in [-0.2, 0) is 0 Å². The number of benzene rings is 1. The maximum absolute atomic E-state index is 6.62. The van der Waals surface area contributed by atoms with E-state index >= 15 is 0 Å². The van der Waals surface area contributed by atoms with Crippen molar-refractivity contribution >= 4 is 54.7 Å². The summed E-state index contributed by atoms with van der Waals surface area (Å²) in [6.07, 6.45) is 0. The topological polar surface area (TPSA) is 9.23 Å². The summed E-state index contributed by atoms with van der Waals surface area (Å²) in [5.41, 5.74) is 1.68. The second-order valence-corrected chi connectivity index (χ2v) is 14.9.